The van der Waals surface area contributed by atoms with Gasteiger partial charge in [-0.05, 0) is 17.7 Å². The van der Waals surface area contributed by atoms with Crippen molar-refractivity contribution in [1.82, 2.24) is 20.1 Å². The number of nitrogens with one attached hydrogen (secondary N) is 1. The molecule has 158 valence electrons. The van der Waals surface area contributed by atoms with Gasteiger partial charge in [-0.3, -0.25) is 9.59 Å². The quantitative estimate of drug-likeness (QED) is 0.692. The van der Waals surface area contributed by atoms with Gasteiger partial charge in [-0.2, -0.15) is 0 Å². The zero-order valence-corrected chi connectivity index (χ0v) is 16.9. The average Bonchev–Trinajstić information content (AvgIpc) is 3.22. The van der Waals surface area contributed by atoms with Gasteiger partial charge in [-0.15, -0.1) is 5.10 Å². The highest BCUT2D eigenvalue weighted by Crippen LogP contribution is 2.30. The molecule has 2 aliphatic rings. The molecule has 2 aliphatic heterocycles. The first kappa shape index (κ1) is 19.3. The molecule has 0 aliphatic carbocycles. The van der Waals surface area contributed by atoms with E-state index in [1.807, 2.05) is 42.5 Å². The van der Waals surface area contributed by atoms with Crippen LogP contribution in [0.3, 0.4) is 0 Å². The van der Waals surface area contributed by atoms with E-state index >= 15 is 0 Å². The normalized spacial score (nSPS) is 20.3. The predicted octanol–water partition coefficient (Wildman–Crippen LogP) is 1.55. The largest absolute Gasteiger partial charge is 0.489 e. The molecule has 3 heterocycles. The molecule has 1 aromatic heterocycles. The average molecular weight is 419 g/mol. The first-order valence-electron chi connectivity index (χ1n) is 10.0. The van der Waals surface area contributed by atoms with Crippen LogP contribution in [0.25, 0.3) is 0 Å². The van der Waals surface area contributed by atoms with E-state index in [0.29, 0.717) is 30.4 Å². The summed E-state index contributed by atoms with van der Waals surface area (Å²) in [5.41, 5.74) is 1.59. The smallest absolute Gasteiger partial charge is 0.291 e. The Morgan fingerprint density at radius 1 is 1.13 bits per heavy atom. The second-order valence-corrected chi connectivity index (χ2v) is 7.38. The van der Waals surface area contributed by atoms with E-state index in [0.717, 1.165) is 5.56 Å². The Morgan fingerprint density at radius 3 is 2.74 bits per heavy atom. The van der Waals surface area contributed by atoms with Crippen LogP contribution in [0.2, 0.25) is 0 Å². The van der Waals surface area contributed by atoms with Crippen molar-refractivity contribution in [3.8, 4) is 5.75 Å². The van der Waals surface area contributed by atoms with Gasteiger partial charge in [0.05, 0.1) is 18.8 Å². The van der Waals surface area contributed by atoms with Crippen molar-refractivity contribution in [2.45, 2.75) is 18.7 Å². The van der Waals surface area contributed by atoms with Gasteiger partial charge in [0, 0.05) is 7.05 Å². The molecule has 3 aromatic rings. The van der Waals surface area contributed by atoms with Crippen LogP contribution in [0.15, 0.2) is 54.6 Å². The van der Waals surface area contributed by atoms with E-state index in [1.165, 1.54) is 4.90 Å². The molecule has 0 radical (unpaired) electrons. The molecular formula is C22H21N5O4. The Bertz CT molecular complexity index is 1130. The second kappa shape index (κ2) is 7.84. The lowest BCUT2D eigenvalue weighted by Crippen LogP contribution is -2.49. The number of likely N-dealkylation sites (N-methyl/N-ethyl adjacent to an activating group) is 1. The van der Waals surface area contributed by atoms with E-state index < -0.39 is 18.1 Å². The number of nitrogens with zero attached hydrogens (tertiary/aromatic N) is 4. The van der Waals surface area contributed by atoms with E-state index in [9.17, 15) is 9.59 Å². The van der Waals surface area contributed by atoms with E-state index in [1.54, 1.807) is 23.9 Å². The van der Waals surface area contributed by atoms with Crippen LogP contribution in [0.4, 0.5) is 5.69 Å². The van der Waals surface area contributed by atoms with Crippen molar-refractivity contribution >= 4 is 17.5 Å². The third kappa shape index (κ3) is 3.53. The minimum absolute atomic E-state index is 0.00125. The van der Waals surface area contributed by atoms with E-state index in [2.05, 4.69) is 15.4 Å². The number of carbonyl (C=O) groups excluding carboxylic acids is 2. The molecule has 0 saturated carbocycles. The number of hydrogen-bond acceptors (Lipinski definition) is 6. The van der Waals surface area contributed by atoms with E-state index in [4.69, 9.17) is 9.47 Å². The molecule has 0 saturated heterocycles. The van der Waals surface area contributed by atoms with Gasteiger partial charge in [-0.1, -0.05) is 42.5 Å². The Labute approximate surface area is 178 Å². The number of benzene rings is 2. The van der Waals surface area contributed by atoms with Crippen molar-refractivity contribution in [2.75, 3.05) is 25.2 Å². The van der Waals surface area contributed by atoms with Crippen LogP contribution in [0.5, 0.6) is 5.75 Å². The minimum Gasteiger partial charge on any atom is -0.489 e. The Kier molecular flexibility index (Phi) is 4.87. The third-order valence-corrected chi connectivity index (χ3v) is 5.39. The second-order valence-electron chi connectivity index (χ2n) is 7.38. The van der Waals surface area contributed by atoms with Crippen molar-refractivity contribution in [3.05, 3.63) is 71.8 Å². The molecule has 9 heteroatoms. The fourth-order valence-electron chi connectivity index (χ4n) is 3.79. The van der Waals surface area contributed by atoms with Crippen LogP contribution in [0, 0.1) is 0 Å². The molecule has 2 aromatic carbocycles. The number of rotatable bonds is 3. The van der Waals surface area contributed by atoms with Crippen molar-refractivity contribution < 1.29 is 19.1 Å². The zero-order valence-electron chi connectivity index (χ0n) is 16.9. The first-order valence-corrected chi connectivity index (χ1v) is 10.0. The molecule has 0 spiro atoms. The van der Waals surface area contributed by atoms with Crippen molar-refractivity contribution in [2.24, 2.45) is 0 Å². The number of para-hydroxylation sites is 2. The van der Waals surface area contributed by atoms with Gasteiger partial charge in [0.25, 0.3) is 11.8 Å². The summed E-state index contributed by atoms with van der Waals surface area (Å²) in [6.45, 7) is 0.993. The molecular weight excluding hydrogens is 398 g/mol. The number of fused-ring (bicyclic) bond motifs is 2. The third-order valence-electron chi connectivity index (χ3n) is 5.39. The summed E-state index contributed by atoms with van der Waals surface area (Å²) in [6, 6.07) is 16.1. The monoisotopic (exact) mass is 419 g/mol. The van der Waals surface area contributed by atoms with Gasteiger partial charge < -0.3 is 19.7 Å². The minimum atomic E-state index is -0.855. The standard InChI is InChI=1S/C22H21N5O4/c1-26-16-9-5-6-10-17(16)31-13-15(22(26)29)23-21(28)19-24-20-18(14-7-3-2-4-8-14)30-12-11-27(20)25-19/h2-10,15,18H,11-13H2,1H3,(H,23,28)/t15-,18+/m0/s1. The predicted molar refractivity (Wildman–Crippen MR) is 111 cm³/mol. The summed E-state index contributed by atoms with van der Waals surface area (Å²) >= 11 is 0. The van der Waals surface area contributed by atoms with Gasteiger partial charge in [-0.25, -0.2) is 9.67 Å². The summed E-state index contributed by atoms with van der Waals surface area (Å²) in [5.74, 6) is 0.352. The number of hydrogen-bond donors (Lipinski definition) is 1. The van der Waals surface area contributed by atoms with Crippen LogP contribution < -0.4 is 15.0 Å². The summed E-state index contributed by atoms with van der Waals surface area (Å²) in [7, 11) is 1.66. The van der Waals surface area contributed by atoms with Crippen LogP contribution in [-0.4, -0.2) is 52.9 Å². The van der Waals surface area contributed by atoms with Crippen LogP contribution in [0.1, 0.15) is 28.1 Å². The summed E-state index contributed by atoms with van der Waals surface area (Å²) < 4.78 is 13.3. The Hall–Kier alpha value is -3.72. The van der Waals surface area contributed by atoms with Gasteiger partial charge >= 0.3 is 0 Å². The van der Waals surface area contributed by atoms with Crippen LogP contribution in [-0.2, 0) is 16.1 Å². The molecule has 31 heavy (non-hydrogen) atoms. The number of ether oxygens (including phenoxy) is 2. The molecule has 2 amide bonds. The summed E-state index contributed by atoms with van der Waals surface area (Å²) in [4.78, 5) is 31.7. The fraction of sp³-hybridized carbons (Fsp3) is 0.273. The maximum atomic E-state index is 12.9. The van der Waals surface area contributed by atoms with E-state index in [-0.39, 0.29) is 18.3 Å². The summed E-state index contributed by atoms with van der Waals surface area (Å²) in [5, 5.41) is 7.07. The number of amides is 2. The highest BCUT2D eigenvalue weighted by Gasteiger charge is 2.33. The maximum absolute atomic E-state index is 12.9. The SMILES string of the molecule is CN1C(=O)[C@@H](NC(=O)c2nc3n(n2)CCO[C@@H]3c2ccccc2)COc2ccccc21. The van der Waals surface area contributed by atoms with Crippen molar-refractivity contribution in [3.63, 3.8) is 0 Å². The Morgan fingerprint density at radius 2 is 1.90 bits per heavy atom. The highest BCUT2D eigenvalue weighted by atomic mass is 16.5. The number of anilines is 1. The fourth-order valence-corrected chi connectivity index (χ4v) is 3.79. The molecule has 5 rings (SSSR count). The van der Waals surface area contributed by atoms with Crippen molar-refractivity contribution in [1.29, 1.82) is 0 Å². The highest BCUT2D eigenvalue weighted by molar-refractivity contribution is 6.02. The lowest BCUT2D eigenvalue weighted by Gasteiger charge is -2.22. The Balaban J connectivity index is 1.36. The molecule has 0 bridgehead atoms. The first-order chi connectivity index (χ1) is 15.1. The molecule has 1 N–H and O–H groups in total. The lowest BCUT2D eigenvalue weighted by atomic mass is 10.1. The molecule has 0 fully saturated rings. The summed E-state index contributed by atoms with van der Waals surface area (Å²) in [6.07, 6.45) is -0.396. The lowest BCUT2D eigenvalue weighted by molar-refractivity contribution is -0.120. The van der Waals surface area contributed by atoms with Gasteiger partial charge in [0.1, 0.15) is 24.5 Å². The number of carbonyl (C=O) groups is 2. The topological polar surface area (TPSA) is 98.6 Å². The molecule has 9 nitrogen and oxygen atoms in total. The number of aromatic nitrogens is 3. The maximum Gasteiger partial charge on any atom is 0.291 e. The van der Waals surface area contributed by atoms with Crippen LogP contribution >= 0.6 is 0 Å². The van der Waals surface area contributed by atoms with Gasteiger partial charge in [0.15, 0.2) is 5.82 Å². The molecule has 0 unspecified atom stereocenters. The molecule has 2 atom stereocenters. The van der Waals surface area contributed by atoms with Gasteiger partial charge in [0.2, 0.25) is 5.82 Å². The zero-order chi connectivity index (χ0) is 21.4.